The van der Waals surface area contributed by atoms with E-state index in [0.29, 0.717) is 11.5 Å². The van der Waals surface area contributed by atoms with E-state index in [2.05, 4.69) is 31.0 Å². The molecule has 1 atom stereocenters. The largest absolute Gasteiger partial charge is 0.381 e. The highest BCUT2D eigenvalue weighted by Gasteiger charge is 2.31. The van der Waals surface area contributed by atoms with Crippen molar-refractivity contribution in [3.8, 4) is 0 Å². The number of hydrogen-bond donors (Lipinski definition) is 1. The summed E-state index contributed by atoms with van der Waals surface area (Å²) in [5, 5.41) is 3.66. The van der Waals surface area contributed by atoms with Crippen molar-refractivity contribution < 1.29 is 4.74 Å². The van der Waals surface area contributed by atoms with Crippen molar-refractivity contribution in [3.63, 3.8) is 0 Å². The summed E-state index contributed by atoms with van der Waals surface area (Å²) in [4.78, 5) is 2.68. The molecule has 0 spiro atoms. The van der Waals surface area contributed by atoms with E-state index < -0.39 is 0 Å². The van der Waals surface area contributed by atoms with Gasteiger partial charge in [0.05, 0.1) is 0 Å². The fourth-order valence-corrected chi connectivity index (χ4v) is 3.33. The third-order valence-electron chi connectivity index (χ3n) is 4.40. The summed E-state index contributed by atoms with van der Waals surface area (Å²) in [7, 11) is 0. The van der Waals surface area contributed by atoms with Crippen LogP contribution >= 0.6 is 0 Å². The number of nitrogens with one attached hydrogen (secondary N) is 1. The van der Waals surface area contributed by atoms with Crippen molar-refractivity contribution >= 4 is 0 Å². The lowest BCUT2D eigenvalue weighted by Crippen LogP contribution is -2.53. The van der Waals surface area contributed by atoms with Crippen LogP contribution in [0.4, 0.5) is 0 Å². The lowest BCUT2D eigenvalue weighted by molar-refractivity contribution is 0.000144. The molecule has 0 amide bonds. The Morgan fingerprint density at radius 3 is 2.72 bits per heavy atom. The zero-order valence-electron chi connectivity index (χ0n) is 12.4. The van der Waals surface area contributed by atoms with Crippen LogP contribution in [0.1, 0.15) is 40.0 Å². The van der Waals surface area contributed by atoms with E-state index in [9.17, 15) is 0 Å². The molecular weight excluding hydrogens is 224 g/mol. The molecule has 0 aromatic rings. The second kappa shape index (κ2) is 6.36. The van der Waals surface area contributed by atoms with Crippen molar-refractivity contribution in [1.29, 1.82) is 0 Å². The van der Waals surface area contributed by atoms with Crippen molar-refractivity contribution in [2.24, 2.45) is 11.3 Å². The minimum absolute atomic E-state index is 0.484. The van der Waals surface area contributed by atoms with E-state index in [0.717, 1.165) is 25.7 Å². The van der Waals surface area contributed by atoms with E-state index in [1.54, 1.807) is 0 Å². The molecule has 2 heterocycles. The lowest BCUT2D eigenvalue weighted by atomic mass is 9.81. The Morgan fingerprint density at radius 1 is 1.33 bits per heavy atom. The molecule has 1 unspecified atom stereocenters. The van der Waals surface area contributed by atoms with Crippen LogP contribution in [0.5, 0.6) is 0 Å². The number of hydrogen-bond acceptors (Lipinski definition) is 3. The highest BCUT2D eigenvalue weighted by atomic mass is 16.5. The molecule has 3 nitrogen and oxygen atoms in total. The highest BCUT2D eigenvalue weighted by molar-refractivity contribution is 4.86. The summed E-state index contributed by atoms with van der Waals surface area (Å²) >= 11 is 0. The van der Waals surface area contributed by atoms with Gasteiger partial charge in [-0.1, -0.05) is 20.8 Å². The first kappa shape index (κ1) is 14.3. The second-order valence-electron chi connectivity index (χ2n) is 6.94. The predicted octanol–water partition coefficient (Wildman–Crippen LogP) is 2.12. The van der Waals surface area contributed by atoms with E-state index in [1.807, 2.05) is 0 Å². The molecule has 2 fully saturated rings. The maximum atomic E-state index is 5.50. The van der Waals surface area contributed by atoms with Gasteiger partial charge in [-0.05, 0) is 30.6 Å². The Labute approximate surface area is 112 Å². The molecule has 106 valence electrons. The van der Waals surface area contributed by atoms with E-state index in [4.69, 9.17) is 4.74 Å². The molecule has 0 aromatic heterocycles. The molecular formula is C15H30N2O. The van der Waals surface area contributed by atoms with Crippen molar-refractivity contribution in [1.82, 2.24) is 10.2 Å². The Kier molecular flexibility index (Phi) is 5.05. The van der Waals surface area contributed by atoms with Crippen molar-refractivity contribution in [2.75, 3.05) is 39.4 Å². The molecule has 2 rings (SSSR count). The minimum atomic E-state index is 0.484. The molecule has 18 heavy (non-hydrogen) atoms. The zero-order valence-corrected chi connectivity index (χ0v) is 12.4. The maximum absolute atomic E-state index is 5.50. The summed E-state index contributed by atoms with van der Waals surface area (Å²) in [5.74, 6) is 0.793. The molecule has 0 radical (unpaired) electrons. The van der Waals surface area contributed by atoms with Crippen LogP contribution in [-0.4, -0.2) is 50.3 Å². The Hall–Kier alpha value is -0.120. The normalized spacial score (nSPS) is 29.7. The number of piperazine rings is 1. The highest BCUT2D eigenvalue weighted by Crippen LogP contribution is 2.31. The van der Waals surface area contributed by atoms with E-state index in [-0.39, 0.29) is 0 Å². The van der Waals surface area contributed by atoms with Gasteiger partial charge in [-0.25, -0.2) is 0 Å². The van der Waals surface area contributed by atoms with Crippen molar-refractivity contribution in [2.45, 2.75) is 46.1 Å². The molecule has 1 N–H and O–H groups in total. The third-order valence-corrected chi connectivity index (χ3v) is 4.40. The van der Waals surface area contributed by atoms with Gasteiger partial charge < -0.3 is 10.1 Å². The van der Waals surface area contributed by atoms with Crippen molar-refractivity contribution in [3.05, 3.63) is 0 Å². The summed E-state index contributed by atoms with van der Waals surface area (Å²) in [6.45, 7) is 13.8. The SMILES string of the molecule is CC(C)CC1CN(CC2(C)CCOCC2)CCN1. The topological polar surface area (TPSA) is 24.5 Å². The molecule has 2 aliphatic rings. The van der Waals surface area contributed by atoms with E-state index in [1.165, 1.54) is 38.9 Å². The average molecular weight is 254 g/mol. The molecule has 0 bridgehead atoms. The molecule has 2 aliphatic heterocycles. The minimum Gasteiger partial charge on any atom is -0.381 e. The van der Waals surface area contributed by atoms with Gasteiger partial charge in [0.2, 0.25) is 0 Å². The Bertz CT molecular complexity index is 249. The van der Waals surface area contributed by atoms with Gasteiger partial charge in [0.25, 0.3) is 0 Å². The predicted molar refractivity (Wildman–Crippen MR) is 75.8 cm³/mol. The maximum Gasteiger partial charge on any atom is 0.0471 e. The van der Waals surface area contributed by atoms with E-state index >= 15 is 0 Å². The van der Waals surface area contributed by atoms with Gasteiger partial charge in [-0.3, -0.25) is 4.90 Å². The first-order valence-corrected chi connectivity index (χ1v) is 7.61. The Balaban J connectivity index is 1.81. The summed E-state index contributed by atoms with van der Waals surface area (Å²) < 4.78 is 5.50. The van der Waals surface area contributed by atoms with Gasteiger partial charge in [0.15, 0.2) is 0 Å². The lowest BCUT2D eigenvalue weighted by Gasteiger charge is -2.42. The smallest absolute Gasteiger partial charge is 0.0471 e. The fourth-order valence-electron chi connectivity index (χ4n) is 3.33. The standard InChI is InChI=1S/C15H30N2O/c1-13(2)10-14-11-17(7-6-16-14)12-15(3)4-8-18-9-5-15/h13-14,16H,4-12H2,1-3H3. The second-order valence-corrected chi connectivity index (χ2v) is 6.94. The quantitative estimate of drug-likeness (QED) is 0.832. The molecule has 2 saturated heterocycles. The number of ether oxygens (including phenoxy) is 1. The van der Waals surface area contributed by atoms with Gasteiger partial charge >= 0.3 is 0 Å². The van der Waals surface area contributed by atoms with Gasteiger partial charge in [0.1, 0.15) is 0 Å². The molecule has 3 heteroatoms. The first-order chi connectivity index (χ1) is 8.57. The zero-order chi connectivity index (χ0) is 13.0. The summed E-state index contributed by atoms with van der Waals surface area (Å²) in [6.07, 6.45) is 3.76. The van der Waals surface area contributed by atoms with Crippen LogP contribution in [-0.2, 0) is 4.74 Å². The van der Waals surface area contributed by atoms with Crippen LogP contribution < -0.4 is 5.32 Å². The monoisotopic (exact) mass is 254 g/mol. The van der Waals surface area contributed by atoms with Crippen LogP contribution in [0.25, 0.3) is 0 Å². The summed E-state index contributed by atoms with van der Waals surface area (Å²) in [6, 6.07) is 0.696. The van der Waals surface area contributed by atoms with Crippen LogP contribution in [0, 0.1) is 11.3 Å². The third kappa shape index (κ3) is 4.22. The number of nitrogens with zero attached hydrogens (tertiary/aromatic N) is 1. The van der Waals surface area contributed by atoms with Gasteiger partial charge in [-0.15, -0.1) is 0 Å². The number of rotatable bonds is 4. The van der Waals surface area contributed by atoms with Crippen LogP contribution in [0.3, 0.4) is 0 Å². The molecule has 0 aromatic carbocycles. The van der Waals surface area contributed by atoms with Gasteiger partial charge in [-0.2, -0.15) is 0 Å². The fraction of sp³-hybridized carbons (Fsp3) is 1.00. The first-order valence-electron chi connectivity index (χ1n) is 7.61. The van der Waals surface area contributed by atoms with Gasteiger partial charge in [0, 0.05) is 45.4 Å². The average Bonchev–Trinajstić information content (AvgIpc) is 2.28. The van der Waals surface area contributed by atoms with Crippen LogP contribution in [0.15, 0.2) is 0 Å². The molecule has 0 aliphatic carbocycles. The Morgan fingerprint density at radius 2 is 2.06 bits per heavy atom. The molecule has 0 saturated carbocycles. The van der Waals surface area contributed by atoms with Crippen LogP contribution in [0.2, 0.25) is 0 Å². The summed E-state index contributed by atoms with van der Waals surface area (Å²) in [5.41, 5.74) is 0.484.